The second kappa shape index (κ2) is 6.62. The van der Waals surface area contributed by atoms with Gasteiger partial charge in [-0.3, -0.25) is 0 Å². The van der Waals surface area contributed by atoms with Gasteiger partial charge in [0, 0.05) is 11.7 Å². The predicted molar refractivity (Wildman–Crippen MR) is 81.2 cm³/mol. The minimum absolute atomic E-state index is 0.131. The fourth-order valence-electron chi connectivity index (χ4n) is 2.04. The van der Waals surface area contributed by atoms with Gasteiger partial charge >= 0.3 is 0 Å². The normalized spacial score (nSPS) is 12.0. The van der Waals surface area contributed by atoms with Crippen LogP contribution in [0, 0.1) is 5.82 Å². The van der Waals surface area contributed by atoms with Crippen LogP contribution in [-0.2, 0) is 6.42 Å². The Kier molecular flexibility index (Phi) is 4.85. The molecule has 20 heavy (non-hydrogen) atoms. The Bertz CT molecular complexity index is 571. The average molecular weight is 294 g/mol. The Morgan fingerprint density at radius 3 is 2.50 bits per heavy atom. The van der Waals surface area contributed by atoms with Crippen LogP contribution in [-0.4, -0.2) is 13.2 Å². The van der Waals surface area contributed by atoms with E-state index in [2.05, 4.69) is 12.2 Å². The summed E-state index contributed by atoms with van der Waals surface area (Å²) in [5, 5.41) is 3.44. The van der Waals surface area contributed by atoms with Gasteiger partial charge in [-0.1, -0.05) is 23.7 Å². The Morgan fingerprint density at radius 1 is 1.20 bits per heavy atom. The van der Waals surface area contributed by atoms with E-state index in [0.717, 1.165) is 17.9 Å². The molecular formula is C16H17ClFNO. The monoisotopic (exact) mass is 293 g/mol. The Morgan fingerprint density at radius 2 is 1.90 bits per heavy atom. The maximum Gasteiger partial charge on any atom is 0.141 e. The summed E-state index contributed by atoms with van der Waals surface area (Å²) in [7, 11) is 1.65. The molecule has 0 bridgehead atoms. The predicted octanol–water partition coefficient (Wildman–Crippen LogP) is 4.53. The summed E-state index contributed by atoms with van der Waals surface area (Å²) in [6.45, 7) is 2.07. The minimum Gasteiger partial charge on any atom is -0.497 e. The molecule has 0 aliphatic heterocycles. The van der Waals surface area contributed by atoms with Crippen molar-refractivity contribution in [3.8, 4) is 5.75 Å². The van der Waals surface area contributed by atoms with Gasteiger partial charge in [-0.25, -0.2) is 4.39 Å². The van der Waals surface area contributed by atoms with Crippen LogP contribution in [0.2, 0.25) is 5.02 Å². The molecule has 106 valence electrons. The zero-order valence-electron chi connectivity index (χ0n) is 11.5. The first kappa shape index (κ1) is 14.7. The molecule has 0 saturated heterocycles. The molecule has 0 radical (unpaired) electrons. The molecular weight excluding hydrogens is 277 g/mol. The van der Waals surface area contributed by atoms with Gasteiger partial charge in [-0.2, -0.15) is 0 Å². The second-order valence-electron chi connectivity index (χ2n) is 4.73. The molecule has 2 aromatic carbocycles. The molecule has 1 atom stereocenters. The number of hydrogen-bond donors (Lipinski definition) is 1. The average Bonchev–Trinajstić information content (AvgIpc) is 2.44. The van der Waals surface area contributed by atoms with Crippen LogP contribution in [0.5, 0.6) is 5.75 Å². The second-order valence-corrected chi connectivity index (χ2v) is 5.13. The molecule has 0 heterocycles. The summed E-state index contributed by atoms with van der Waals surface area (Å²) in [5.41, 5.74) is 2.02. The standard InChI is InChI=1S/C16H17ClFNO/c1-11(9-12-3-6-14(20-2)7-4-12)19-13-5-8-16(18)15(17)10-13/h3-8,10-11,19H,9H2,1-2H3. The third kappa shape index (κ3) is 3.87. The van der Waals surface area contributed by atoms with Gasteiger partial charge < -0.3 is 10.1 Å². The molecule has 0 aliphatic carbocycles. The van der Waals surface area contributed by atoms with Crippen LogP contribution >= 0.6 is 11.6 Å². The number of halogens is 2. The Balaban J connectivity index is 1.97. The molecule has 2 aromatic rings. The molecule has 2 rings (SSSR count). The number of nitrogens with one attached hydrogen (secondary N) is 1. The van der Waals surface area contributed by atoms with Crippen molar-refractivity contribution >= 4 is 17.3 Å². The lowest BCUT2D eigenvalue weighted by molar-refractivity contribution is 0.414. The zero-order chi connectivity index (χ0) is 14.5. The van der Waals surface area contributed by atoms with Gasteiger partial charge in [0.05, 0.1) is 12.1 Å². The molecule has 0 fully saturated rings. The van der Waals surface area contributed by atoms with Crippen molar-refractivity contribution in [2.24, 2.45) is 0 Å². The van der Waals surface area contributed by atoms with E-state index >= 15 is 0 Å². The first-order valence-electron chi connectivity index (χ1n) is 6.43. The van der Waals surface area contributed by atoms with Crippen molar-refractivity contribution in [1.82, 2.24) is 0 Å². The molecule has 1 N–H and O–H groups in total. The van der Waals surface area contributed by atoms with Crippen molar-refractivity contribution in [2.45, 2.75) is 19.4 Å². The summed E-state index contributed by atoms with van der Waals surface area (Å²) in [6.07, 6.45) is 0.860. The Hall–Kier alpha value is -1.74. The molecule has 0 aromatic heterocycles. The van der Waals surface area contributed by atoms with Crippen LogP contribution in [0.4, 0.5) is 10.1 Å². The summed E-state index contributed by atoms with van der Waals surface area (Å²) < 4.78 is 18.2. The molecule has 1 unspecified atom stereocenters. The van der Waals surface area contributed by atoms with Gasteiger partial charge in [0.25, 0.3) is 0 Å². The van der Waals surface area contributed by atoms with Crippen molar-refractivity contribution in [3.05, 3.63) is 58.9 Å². The van der Waals surface area contributed by atoms with Gasteiger partial charge in [-0.05, 0) is 49.2 Å². The first-order chi connectivity index (χ1) is 9.58. The quantitative estimate of drug-likeness (QED) is 0.874. The van der Waals surface area contributed by atoms with E-state index < -0.39 is 5.82 Å². The van der Waals surface area contributed by atoms with Gasteiger partial charge in [0.2, 0.25) is 0 Å². The van der Waals surface area contributed by atoms with E-state index in [1.54, 1.807) is 19.2 Å². The van der Waals surface area contributed by atoms with Crippen LogP contribution in [0.1, 0.15) is 12.5 Å². The molecule has 2 nitrogen and oxygen atoms in total. The van der Waals surface area contributed by atoms with Gasteiger partial charge in [-0.15, -0.1) is 0 Å². The van der Waals surface area contributed by atoms with Gasteiger partial charge in [0.1, 0.15) is 11.6 Å². The number of benzene rings is 2. The molecule has 0 amide bonds. The summed E-state index contributed by atoms with van der Waals surface area (Å²) in [4.78, 5) is 0. The topological polar surface area (TPSA) is 21.3 Å². The molecule has 0 spiro atoms. The van der Waals surface area contributed by atoms with Gasteiger partial charge in [0.15, 0.2) is 0 Å². The number of ether oxygens (including phenoxy) is 1. The lowest BCUT2D eigenvalue weighted by atomic mass is 10.1. The minimum atomic E-state index is -0.403. The van der Waals surface area contributed by atoms with E-state index in [0.29, 0.717) is 0 Å². The van der Waals surface area contributed by atoms with Crippen LogP contribution in [0.15, 0.2) is 42.5 Å². The first-order valence-corrected chi connectivity index (χ1v) is 6.81. The largest absolute Gasteiger partial charge is 0.497 e. The highest BCUT2D eigenvalue weighted by atomic mass is 35.5. The van der Waals surface area contributed by atoms with E-state index in [1.165, 1.54) is 11.6 Å². The summed E-state index contributed by atoms with van der Waals surface area (Å²) in [6, 6.07) is 12.8. The van der Waals surface area contributed by atoms with Crippen LogP contribution < -0.4 is 10.1 Å². The Labute approximate surface area is 123 Å². The van der Waals surface area contributed by atoms with E-state index in [4.69, 9.17) is 16.3 Å². The highest BCUT2D eigenvalue weighted by Gasteiger charge is 2.06. The van der Waals surface area contributed by atoms with Crippen LogP contribution in [0.25, 0.3) is 0 Å². The zero-order valence-corrected chi connectivity index (χ0v) is 12.2. The number of rotatable bonds is 5. The van der Waals surface area contributed by atoms with Crippen LogP contribution in [0.3, 0.4) is 0 Å². The molecule has 0 aliphatic rings. The third-order valence-electron chi connectivity index (χ3n) is 3.03. The van der Waals surface area contributed by atoms with E-state index in [-0.39, 0.29) is 11.1 Å². The number of anilines is 1. The van der Waals surface area contributed by atoms with E-state index in [1.807, 2.05) is 24.3 Å². The summed E-state index contributed by atoms with van der Waals surface area (Å²) >= 11 is 5.76. The number of methoxy groups -OCH3 is 1. The van der Waals surface area contributed by atoms with Crippen molar-refractivity contribution < 1.29 is 9.13 Å². The lowest BCUT2D eigenvalue weighted by Gasteiger charge is -2.16. The summed E-state index contributed by atoms with van der Waals surface area (Å²) in [5.74, 6) is 0.444. The van der Waals surface area contributed by atoms with Crippen molar-refractivity contribution in [3.63, 3.8) is 0 Å². The maximum atomic E-state index is 13.1. The fraction of sp³-hybridized carbons (Fsp3) is 0.250. The van der Waals surface area contributed by atoms with Crippen molar-refractivity contribution in [1.29, 1.82) is 0 Å². The van der Waals surface area contributed by atoms with Crippen molar-refractivity contribution in [2.75, 3.05) is 12.4 Å². The highest BCUT2D eigenvalue weighted by molar-refractivity contribution is 6.31. The third-order valence-corrected chi connectivity index (χ3v) is 3.32. The number of hydrogen-bond acceptors (Lipinski definition) is 2. The maximum absolute atomic E-state index is 13.1. The smallest absolute Gasteiger partial charge is 0.141 e. The van der Waals surface area contributed by atoms with E-state index in [9.17, 15) is 4.39 Å². The highest BCUT2D eigenvalue weighted by Crippen LogP contribution is 2.20. The SMILES string of the molecule is COc1ccc(CC(C)Nc2ccc(F)c(Cl)c2)cc1. The molecule has 4 heteroatoms. The lowest BCUT2D eigenvalue weighted by Crippen LogP contribution is -2.18. The molecule has 0 saturated carbocycles. The fourth-order valence-corrected chi connectivity index (χ4v) is 2.22.